The summed E-state index contributed by atoms with van der Waals surface area (Å²) in [6, 6.07) is 3.21. The molecule has 0 saturated heterocycles. The maximum absolute atomic E-state index is 13.7. The van der Waals surface area contributed by atoms with Gasteiger partial charge in [-0.1, -0.05) is 19.1 Å². The number of carbonyl (C=O) groups is 1. The standard InChI is InChI=1S/C11H12FNO6S/c1-7(11(14)15)5-20(18,19)6-8-3-2-4-9(10(8)12)13(16)17/h2-4,7H,5-6H2,1H3,(H,14,15). The lowest BCUT2D eigenvalue weighted by Gasteiger charge is -2.08. The number of rotatable bonds is 6. The number of benzene rings is 1. The molecule has 0 bridgehead atoms. The number of hydrogen-bond acceptors (Lipinski definition) is 5. The Balaban J connectivity index is 3.02. The molecule has 1 rings (SSSR count). The molecule has 0 aliphatic rings. The van der Waals surface area contributed by atoms with Gasteiger partial charge in [0.2, 0.25) is 5.82 Å². The van der Waals surface area contributed by atoms with Crippen LogP contribution in [0.5, 0.6) is 0 Å². The van der Waals surface area contributed by atoms with Crippen molar-refractivity contribution in [3.8, 4) is 0 Å². The van der Waals surface area contributed by atoms with E-state index in [1.807, 2.05) is 0 Å². The molecule has 9 heteroatoms. The van der Waals surface area contributed by atoms with Crippen molar-refractivity contribution >= 4 is 21.5 Å². The van der Waals surface area contributed by atoms with Gasteiger partial charge in [-0.05, 0) is 0 Å². The van der Waals surface area contributed by atoms with Crippen LogP contribution in [0.4, 0.5) is 10.1 Å². The number of nitrogens with zero attached hydrogens (tertiary/aromatic N) is 1. The van der Waals surface area contributed by atoms with Crippen molar-refractivity contribution in [1.82, 2.24) is 0 Å². The molecule has 1 aromatic carbocycles. The van der Waals surface area contributed by atoms with Crippen molar-refractivity contribution in [3.63, 3.8) is 0 Å². The molecule has 0 radical (unpaired) electrons. The number of carboxylic acid groups (broad SMARTS) is 1. The molecule has 0 spiro atoms. The normalized spacial score (nSPS) is 12.9. The summed E-state index contributed by atoms with van der Waals surface area (Å²) >= 11 is 0. The van der Waals surface area contributed by atoms with Crippen LogP contribution in [0.25, 0.3) is 0 Å². The molecule has 0 aromatic heterocycles. The zero-order valence-electron chi connectivity index (χ0n) is 10.4. The van der Waals surface area contributed by atoms with Gasteiger partial charge in [0.15, 0.2) is 9.84 Å². The SMILES string of the molecule is CC(CS(=O)(=O)Cc1cccc([N+](=O)[O-])c1F)C(=O)O. The first-order valence-corrected chi connectivity index (χ1v) is 7.31. The molecule has 0 fully saturated rings. The largest absolute Gasteiger partial charge is 0.481 e. The highest BCUT2D eigenvalue weighted by molar-refractivity contribution is 7.90. The van der Waals surface area contributed by atoms with E-state index in [1.165, 1.54) is 13.0 Å². The predicted molar refractivity (Wildman–Crippen MR) is 67.3 cm³/mol. The fourth-order valence-electron chi connectivity index (χ4n) is 1.57. The minimum absolute atomic E-state index is 0.350. The molecule has 0 aliphatic carbocycles. The molecule has 1 unspecified atom stereocenters. The second kappa shape index (κ2) is 5.95. The van der Waals surface area contributed by atoms with Crippen LogP contribution in [0.2, 0.25) is 0 Å². The van der Waals surface area contributed by atoms with Crippen LogP contribution >= 0.6 is 0 Å². The lowest BCUT2D eigenvalue weighted by molar-refractivity contribution is -0.387. The van der Waals surface area contributed by atoms with Crippen LogP contribution in [0.3, 0.4) is 0 Å². The van der Waals surface area contributed by atoms with Crippen LogP contribution in [0.1, 0.15) is 12.5 Å². The second-order valence-electron chi connectivity index (χ2n) is 4.30. The summed E-state index contributed by atoms with van der Waals surface area (Å²) in [7, 11) is -3.89. The Morgan fingerprint density at radius 2 is 2.10 bits per heavy atom. The zero-order valence-corrected chi connectivity index (χ0v) is 11.3. The molecule has 0 saturated carbocycles. The number of carboxylic acids is 1. The monoisotopic (exact) mass is 305 g/mol. The van der Waals surface area contributed by atoms with Gasteiger partial charge in [0.1, 0.15) is 0 Å². The Morgan fingerprint density at radius 1 is 1.50 bits per heavy atom. The minimum Gasteiger partial charge on any atom is -0.481 e. The van der Waals surface area contributed by atoms with Gasteiger partial charge >= 0.3 is 11.7 Å². The van der Waals surface area contributed by atoms with Gasteiger partial charge < -0.3 is 5.11 Å². The van der Waals surface area contributed by atoms with E-state index in [1.54, 1.807) is 0 Å². The lowest BCUT2D eigenvalue weighted by atomic mass is 10.2. The molecule has 1 aromatic rings. The summed E-state index contributed by atoms with van der Waals surface area (Å²) in [4.78, 5) is 20.2. The molecule has 7 nitrogen and oxygen atoms in total. The third kappa shape index (κ3) is 3.98. The van der Waals surface area contributed by atoms with Crippen molar-refractivity contribution in [3.05, 3.63) is 39.7 Å². The van der Waals surface area contributed by atoms with Crippen LogP contribution in [-0.4, -0.2) is 30.2 Å². The van der Waals surface area contributed by atoms with E-state index in [4.69, 9.17) is 5.11 Å². The van der Waals surface area contributed by atoms with Crippen LogP contribution in [-0.2, 0) is 20.4 Å². The van der Waals surface area contributed by atoms with Gasteiger partial charge in [0.25, 0.3) is 0 Å². The molecule has 1 atom stereocenters. The van der Waals surface area contributed by atoms with Gasteiger partial charge in [-0.2, -0.15) is 4.39 Å². The first kappa shape index (κ1) is 16.0. The molecule has 1 N–H and O–H groups in total. The predicted octanol–water partition coefficient (Wildman–Crippen LogP) is 1.37. The Hall–Kier alpha value is -2.03. The third-order valence-electron chi connectivity index (χ3n) is 2.56. The molecule has 0 amide bonds. The molecular weight excluding hydrogens is 293 g/mol. The van der Waals surface area contributed by atoms with Gasteiger partial charge in [-0.15, -0.1) is 0 Å². The maximum Gasteiger partial charge on any atom is 0.307 e. The van der Waals surface area contributed by atoms with Crippen molar-refractivity contribution in [2.45, 2.75) is 12.7 Å². The van der Waals surface area contributed by atoms with Gasteiger partial charge in [-0.3, -0.25) is 14.9 Å². The number of nitro groups is 1. The van der Waals surface area contributed by atoms with E-state index in [9.17, 15) is 27.7 Å². The van der Waals surface area contributed by atoms with Gasteiger partial charge in [-0.25, -0.2) is 8.42 Å². The quantitative estimate of drug-likeness (QED) is 0.627. The summed E-state index contributed by atoms with van der Waals surface area (Å²) < 4.78 is 37.2. The zero-order chi connectivity index (χ0) is 15.5. The topological polar surface area (TPSA) is 115 Å². The Kier molecular flexibility index (Phi) is 4.77. The Bertz CT molecular complexity index is 642. The average molecular weight is 305 g/mol. The van der Waals surface area contributed by atoms with E-state index in [-0.39, 0.29) is 5.56 Å². The molecule has 110 valence electrons. The highest BCUT2D eigenvalue weighted by Crippen LogP contribution is 2.22. The summed E-state index contributed by atoms with van der Waals surface area (Å²) in [5, 5.41) is 19.2. The first-order valence-electron chi connectivity index (χ1n) is 5.49. The Labute approximate surface area is 114 Å². The van der Waals surface area contributed by atoms with E-state index in [0.29, 0.717) is 0 Å². The van der Waals surface area contributed by atoms with Gasteiger partial charge in [0.05, 0.1) is 22.3 Å². The highest BCUT2D eigenvalue weighted by Gasteiger charge is 2.25. The van der Waals surface area contributed by atoms with Crippen molar-refractivity contribution in [2.24, 2.45) is 5.92 Å². The first-order chi connectivity index (χ1) is 9.14. The maximum atomic E-state index is 13.7. The molecular formula is C11H12FNO6S. The van der Waals surface area contributed by atoms with Gasteiger partial charge in [0, 0.05) is 11.6 Å². The Morgan fingerprint density at radius 3 is 2.60 bits per heavy atom. The van der Waals surface area contributed by atoms with E-state index < -0.39 is 49.7 Å². The fourth-order valence-corrected chi connectivity index (χ4v) is 3.29. The van der Waals surface area contributed by atoms with Crippen LogP contribution in [0, 0.1) is 21.8 Å². The van der Waals surface area contributed by atoms with E-state index in [2.05, 4.69) is 0 Å². The summed E-state index contributed by atoms with van der Waals surface area (Å²) in [5.74, 6) is -5.08. The van der Waals surface area contributed by atoms with Crippen molar-refractivity contribution in [2.75, 3.05) is 5.75 Å². The average Bonchev–Trinajstić information content (AvgIpc) is 2.30. The van der Waals surface area contributed by atoms with E-state index >= 15 is 0 Å². The second-order valence-corrected chi connectivity index (χ2v) is 6.41. The lowest BCUT2D eigenvalue weighted by Crippen LogP contribution is -2.22. The fraction of sp³-hybridized carbons (Fsp3) is 0.364. The number of sulfone groups is 1. The number of aliphatic carboxylic acids is 1. The number of halogens is 1. The van der Waals surface area contributed by atoms with E-state index in [0.717, 1.165) is 12.1 Å². The third-order valence-corrected chi connectivity index (χ3v) is 4.31. The molecule has 20 heavy (non-hydrogen) atoms. The number of nitro benzene ring substituents is 1. The van der Waals surface area contributed by atoms with Crippen LogP contribution < -0.4 is 0 Å². The molecule has 0 aliphatic heterocycles. The van der Waals surface area contributed by atoms with Crippen molar-refractivity contribution in [1.29, 1.82) is 0 Å². The molecule has 0 heterocycles. The van der Waals surface area contributed by atoms with Crippen LogP contribution in [0.15, 0.2) is 18.2 Å². The minimum atomic E-state index is -3.89. The highest BCUT2D eigenvalue weighted by atomic mass is 32.2. The number of hydrogen-bond donors (Lipinski definition) is 1. The summed E-state index contributed by atoms with van der Waals surface area (Å²) in [6.45, 7) is 1.21. The smallest absolute Gasteiger partial charge is 0.307 e. The summed E-state index contributed by atoms with van der Waals surface area (Å²) in [5.41, 5.74) is -1.17. The summed E-state index contributed by atoms with van der Waals surface area (Å²) in [6.07, 6.45) is 0. The van der Waals surface area contributed by atoms with Crippen molar-refractivity contribution < 1.29 is 27.6 Å².